The minimum atomic E-state index is 0.452. The van der Waals surface area contributed by atoms with Crippen molar-refractivity contribution in [3.05, 3.63) is 71.1 Å². The minimum absolute atomic E-state index is 0.452. The molecule has 25 heavy (non-hydrogen) atoms. The van der Waals surface area contributed by atoms with Crippen LogP contribution in [0.1, 0.15) is 28.1 Å². The molecule has 0 radical (unpaired) electrons. The van der Waals surface area contributed by atoms with Gasteiger partial charge in [-0.3, -0.25) is 0 Å². The third-order valence-electron chi connectivity index (χ3n) is 4.97. The predicted molar refractivity (Wildman–Crippen MR) is 101 cm³/mol. The molecule has 1 aliphatic heterocycles. The highest BCUT2D eigenvalue weighted by atomic mass is 15.2. The quantitative estimate of drug-likeness (QED) is 0.738. The molecule has 1 aliphatic rings. The molecule has 0 spiro atoms. The highest BCUT2D eigenvalue weighted by molar-refractivity contribution is 5.95. The van der Waals surface area contributed by atoms with Gasteiger partial charge in [0.2, 0.25) is 0 Å². The molecule has 0 saturated heterocycles. The highest BCUT2D eigenvalue weighted by Gasteiger charge is 2.22. The number of hydrogen-bond acceptors (Lipinski definition) is 3. The number of benzene rings is 1. The molecule has 4 heteroatoms. The molecule has 0 bridgehead atoms. The van der Waals surface area contributed by atoms with Crippen LogP contribution in [0.15, 0.2) is 43.0 Å². The van der Waals surface area contributed by atoms with Crippen LogP contribution in [0, 0.1) is 18.3 Å². The molecule has 1 aromatic carbocycles. The van der Waals surface area contributed by atoms with Gasteiger partial charge in [-0.25, -0.2) is 4.98 Å². The Kier molecular flexibility index (Phi) is 3.77. The maximum Gasteiger partial charge on any atom is 0.145 e. The van der Waals surface area contributed by atoms with Crippen molar-refractivity contribution in [3.63, 3.8) is 0 Å². The molecular formula is C21H20N4. The molecule has 0 fully saturated rings. The lowest BCUT2D eigenvalue weighted by molar-refractivity contribution is 0.723. The van der Waals surface area contributed by atoms with Crippen LogP contribution < -0.4 is 4.90 Å². The zero-order chi connectivity index (χ0) is 17.4. The first-order chi connectivity index (χ1) is 12.2. The first-order valence-corrected chi connectivity index (χ1v) is 8.56. The van der Waals surface area contributed by atoms with E-state index in [2.05, 4.69) is 58.7 Å². The number of aryl methyl sites for hydroxylation is 1. The van der Waals surface area contributed by atoms with Gasteiger partial charge in [0.05, 0.1) is 5.52 Å². The van der Waals surface area contributed by atoms with Crippen LogP contribution in [0.25, 0.3) is 10.9 Å². The smallest absolute Gasteiger partial charge is 0.145 e. The maximum atomic E-state index is 9.40. The predicted octanol–water partition coefficient (Wildman–Crippen LogP) is 4.03. The van der Waals surface area contributed by atoms with E-state index in [0.29, 0.717) is 5.69 Å². The molecule has 4 rings (SSSR count). The third kappa shape index (κ3) is 2.58. The summed E-state index contributed by atoms with van der Waals surface area (Å²) in [7, 11) is 0. The van der Waals surface area contributed by atoms with Crippen molar-refractivity contribution < 1.29 is 0 Å². The molecule has 4 nitrogen and oxygen atoms in total. The Bertz CT molecular complexity index is 1010. The van der Waals surface area contributed by atoms with Crippen LogP contribution in [0.3, 0.4) is 0 Å². The van der Waals surface area contributed by atoms with E-state index in [1.165, 1.54) is 16.7 Å². The molecule has 2 aromatic heterocycles. The van der Waals surface area contributed by atoms with Gasteiger partial charge in [0.15, 0.2) is 0 Å². The van der Waals surface area contributed by atoms with Gasteiger partial charge in [0.25, 0.3) is 0 Å². The van der Waals surface area contributed by atoms with E-state index in [-0.39, 0.29) is 0 Å². The summed E-state index contributed by atoms with van der Waals surface area (Å²) in [5.41, 5.74) is 6.51. The summed E-state index contributed by atoms with van der Waals surface area (Å²) in [5.74, 6) is 0.907. The Morgan fingerprint density at radius 1 is 1.36 bits per heavy atom. The summed E-state index contributed by atoms with van der Waals surface area (Å²) < 4.78 is 0. The summed E-state index contributed by atoms with van der Waals surface area (Å²) in [6.07, 6.45) is 3.70. The van der Waals surface area contributed by atoms with E-state index in [1.54, 1.807) is 0 Å². The summed E-state index contributed by atoms with van der Waals surface area (Å²) in [6.45, 7) is 7.69. The number of anilines is 1. The number of nitriles is 1. The Morgan fingerprint density at radius 2 is 2.16 bits per heavy atom. The van der Waals surface area contributed by atoms with Gasteiger partial charge in [-0.15, -0.1) is 6.58 Å². The Morgan fingerprint density at radius 3 is 2.92 bits per heavy atom. The molecule has 0 aliphatic carbocycles. The normalized spacial score (nSPS) is 13.5. The maximum absolute atomic E-state index is 9.40. The molecule has 0 saturated carbocycles. The second-order valence-electron chi connectivity index (χ2n) is 6.53. The summed E-state index contributed by atoms with van der Waals surface area (Å²) in [4.78, 5) is 10.4. The first kappa shape index (κ1) is 15.5. The van der Waals surface area contributed by atoms with Gasteiger partial charge in [-0.05, 0) is 42.5 Å². The van der Waals surface area contributed by atoms with Crippen molar-refractivity contribution in [2.24, 2.45) is 0 Å². The number of nitrogens with one attached hydrogen (secondary N) is 1. The van der Waals surface area contributed by atoms with Crippen LogP contribution in [0.5, 0.6) is 0 Å². The monoisotopic (exact) mass is 328 g/mol. The molecule has 3 heterocycles. The summed E-state index contributed by atoms with van der Waals surface area (Å²) in [5, 5.41) is 10.5. The number of nitrogens with zero attached hydrogens (tertiary/aromatic N) is 3. The van der Waals surface area contributed by atoms with E-state index < -0.39 is 0 Å². The van der Waals surface area contributed by atoms with Gasteiger partial charge in [0.1, 0.15) is 17.6 Å². The van der Waals surface area contributed by atoms with E-state index in [0.717, 1.165) is 48.3 Å². The molecule has 3 aromatic rings. The average Bonchev–Trinajstić information content (AvgIpc) is 2.96. The van der Waals surface area contributed by atoms with Crippen LogP contribution in [-0.4, -0.2) is 16.5 Å². The summed E-state index contributed by atoms with van der Waals surface area (Å²) in [6, 6.07) is 12.6. The van der Waals surface area contributed by atoms with Gasteiger partial charge in [-0.1, -0.05) is 30.3 Å². The van der Waals surface area contributed by atoms with Gasteiger partial charge in [0, 0.05) is 24.2 Å². The Balaban J connectivity index is 1.89. The largest absolute Gasteiger partial charge is 0.358 e. The summed E-state index contributed by atoms with van der Waals surface area (Å²) >= 11 is 0. The minimum Gasteiger partial charge on any atom is -0.358 e. The van der Waals surface area contributed by atoms with Crippen molar-refractivity contribution in [2.45, 2.75) is 26.3 Å². The zero-order valence-corrected chi connectivity index (χ0v) is 14.3. The number of H-pyrrole nitrogens is 1. The number of pyridine rings is 1. The van der Waals surface area contributed by atoms with Crippen LogP contribution in [-0.2, 0) is 19.4 Å². The average molecular weight is 328 g/mol. The van der Waals surface area contributed by atoms with Crippen molar-refractivity contribution in [1.82, 2.24) is 9.97 Å². The topological polar surface area (TPSA) is 55.7 Å². The van der Waals surface area contributed by atoms with E-state index in [4.69, 9.17) is 0 Å². The van der Waals surface area contributed by atoms with Crippen molar-refractivity contribution >= 4 is 16.7 Å². The number of aromatic amines is 1. The van der Waals surface area contributed by atoms with E-state index >= 15 is 0 Å². The number of allylic oxidation sites excluding steroid dienone is 1. The van der Waals surface area contributed by atoms with Crippen LogP contribution in [0.2, 0.25) is 0 Å². The zero-order valence-electron chi connectivity index (χ0n) is 14.3. The number of rotatable bonds is 3. The number of hydrogen-bond donors (Lipinski definition) is 1. The second kappa shape index (κ2) is 6.10. The fraction of sp³-hybridized carbons (Fsp3) is 0.238. The fourth-order valence-corrected chi connectivity index (χ4v) is 3.75. The van der Waals surface area contributed by atoms with E-state index in [1.807, 2.05) is 12.1 Å². The fourth-order valence-electron chi connectivity index (χ4n) is 3.75. The number of fused-ring (bicyclic) bond motifs is 2. The third-order valence-corrected chi connectivity index (χ3v) is 4.97. The molecule has 124 valence electrons. The molecular weight excluding hydrogens is 308 g/mol. The van der Waals surface area contributed by atoms with Crippen molar-refractivity contribution in [3.8, 4) is 6.07 Å². The van der Waals surface area contributed by atoms with Gasteiger partial charge in [-0.2, -0.15) is 5.26 Å². The second-order valence-corrected chi connectivity index (χ2v) is 6.53. The van der Waals surface area contributed by atoms with E-state index in [9.17, 15) is 5.26 Å². The lowest BCUT2D eigenvalue weighted by atomic mass is 9.99. The van der Waals surface area contributed by atoms with Crippen LogP contribution >= 0.6 is 0 Å². The van der Waals surface area contributed by atoms with Crippen molar-refractivity contribution in [2.75, 3.05) is 11.4 Å². The van der Waals surface area contributed by atoms with Gasteiger partial charge < -0.3 is 9.88 Å². The van der Waals surface area contributed by atoms with Gasteiger partial charge >= 0.3 is 0 Å². The Hall–Kier alpha value is -3.06. The highest BCUT2D eigenvalue weighted by Crippen LogP contribution is 2.34. The van der Waals surface area contributed by atoms with Crippen LogP contribution in [0.4, 0.5) is 5.82 Å². The molecule has 0 atom stereocenters. The lowest BCUT2D eigenvalue weighted by Gasteiger charge is -2.30. The number of aromatic nitrogens is 2. The molecule has 0 unspecified atom stereocenters. The first-order valence-electron chi connectivity index (χ1n) is 8.56. The molecule has 1 N–H and O–H groups in total. The standard InChI is InChI=1S/C21H20N4/c1-3-6-18-14(2)23-19-11-17(12-22)24-21(20(18)19)25-10-9-15-7-4-5-8-16(15)13-25/h3-5,7-8,11,23H,1,6,9-10,13H2,2H3. The van der Waals surface area contributed by atoms with Crippen molar-refractivity contribution in [1.29, 1.82) is 5.26 Å². The molecule has 0 amide bonds. The Labute approximate surface area is 147 Å². The SMILES string of the molecule is C=CCc1c(C)[nH]c2cc(C#N)nc(N3CCc4ccccc4C3)c12. The lowest BCUT2D eigenvalue weighted by Crippen LogP contribution is -2.31.